The zero-order chi connectivity index (χ0) is 35.5. The fourth-order valence-electron chi connectivity index (χ4n) is 6.92. The number of rotatable bonds is 14. The number of esters is 1. The molecule has 0 atom stereocenters. The molecule has 2 aliphatic rings. The van der Waals surface area contributed by atoms with Gasteiger partial charge in [0.1, 0.15) is 11.2 Å². The summed E-state index contributed by atoms with van der Waals surface area (Å²) in [6, 6.07) is 6.26. The number of H-pyrrole nitrogens is 1. The smallest absolute Gasteiger partial charge is 0.418 e. The maximum absolute atomic E-state index is 14.2. The minimum absolute atomic E-state index is 0.0745. The number of hydrogen-bond donors (Lipinski definition) is 2. The summed E-state index contributed by atoms with van der Waals surface area (Å²) in [6.07, 6.45) is 5.55. The van der Waals surface area contributed by atoms with Crippen LogP contribution in [0.1, 0.15) is 91.5 Å². The predicted octanol–water partition coefficient (Wildman–Crippen LogP) is 7.09. The third kappa shape index (κ3) is 8.06. The second-order valence-electron chi connectivity index (χ2n) is 13.4. The number of carbonyl (C=O) groups excluding carboxylic acids is 2. The van der Waals surface area contributed by atoms with E-state index in [1.165, 1.54) is 6.20 Å². The van der Waals surface area contributed by atoms with Crippen LogP contribution in [-0.4, -0.2) is 70.7 Å². The van der Waals surface area contributed by atoms with Gasteiger partial charge in [-0.3, -0.25) is 24.9 Å². The summed E-state index contributed by atoms with van der Waals surface area (Å²) < 4.78 is 53.1. The molecule has 0 aliphatic heterocycles. The van der Waals surface area contributed by atoms with Gasteiger partial charge in [-0.05, 0) is 69.2 Å². The van der Waals surface area contributed by atoms with Gasteiger partial charge in [0, 0.05) is 56.4 Å². The number of pyridine rings is 3. The molecule has 0 aromatic carbocycles. The van der Waals surface area contributed by atoms with E-state index in [2.05, 4.69) is 35.1 Å². The average Bonchev–Trinajstić information content (AvgIpc) is 3.70. The maximum Gasteiger partial charge on any atom is 0.418 e. The van der Waals surface area contributed by atoms with Gasteiger partial charge >= 0.3 is 12.1 Å². The van der Waals surface area contributed by atoms with Crippen molar-refractivity contribution in [3.8, 4) is 11.3 Å². The van der Waals surface area contributed by atoms with E-state index in [4.69, 9.17) is 9.47 Å². The molecule has 11 nitrogen and oxygen atoms in total. The molecule has 50 heavy (non-hydrogen) atoms. The lowest BCUT2D eigenvalue weighted by Crippen LogP contribution is -2.37. The van der Waals surface area contributed by atoms with Crippen LogP contribution in [-0.2, 0) is 26.9 Å². The Balaban J connectivity index is 1.29. The van der Waals surface area contributed by atoms with Crippen molar-refractivity contribution in [3.63, 3.8) is 0 Å². The van der Waals surface area contributed by atoms with Gasteiger partial charge in [-0.25, -0.2) is 4.98 Å². The molecular formula is C36H42F3N7O4. The first-order valence-corrected chi connectivity index (χ1v) is 17.1. The van der Waals surface area contributed by atoms with Gasteiger partial charge in [0.2, 0.25) is 5.95 Å². The molecule has 6 rings (SSSR count). The highest BCUT2D eigenvalue weighted by Gasteiger charge is 2.40. The number of nitrogens with one attached hydrogen (secondary N) is 2. The van der Waals surface area contributed by atoms with Crippen LogP contribution in [0, 0.1) is 5.41 Å². The molecule has 2 saturated carbocycles. The van der Waals surface area contributed by atoms with Crippen LogP contribution in [0.4, 0.5) is 24.8 Å². The lowest BCUT2D eigenvalue weighted by atomic mass is 9.86. The summed E-state index contributed by atoms with van der Waals surface area (Å²) in [5, 5.41) is 2.75. The molecule has 14 heteroatoms. The number of imidazole rings is 1. The summed E-state index contributed by atoms with van der Waals surface area (Å²) in [6.45, 7) is 3.33. The number of hydrogen-bond acceptors (Lipinski definition) is 9. The summed E-state index contributed by atoms with van der Waals surface area (Å²) in [5.74, 6) is -0.812. The third-order valence-corrected chi connectivity index (χ3v) is 9.46. The number of carbonyl (C=O) groups is 2. The van der Waals surface area contributed by atoms with Crippen LogP contribution in [0.3, 0.4) is 0 Å². The van der Waals surface area contributed by atoms with E-state index in [0.29, 0.717) is 63.1 Å². The Morgan fingerprint density at radius 3 is 2.54 bits per heavy atom. The van der Waals surface area contributed by atoms with E-state index in [-0.39, 0.29) is 51.5 Å². The van der Waals surface area contributed by atoms with E-state index in [1.54, 1.807) is 38.4 Å². The molecule has 4 aromatic rings. The third-order valence-electron chi connectivity index (χ3n) is 9.46. The number of nitrogens with zero attached hydrogens (tertiary/aromatic N) is 5. The van der Waals surface area contributed by atoms with Gasteiger partial charge in [-0.2, -0.15) is 18.2 Å². The fourth-order valence-corrected chi connectivity index (χ4v) is 6.92. The normalized spacial score (nSPS) is 15.7. The Labute approximate surface area is 288 Å². The molecule has 1 amide bonds. The molecule has 2 fully saturated rings. The topological polar surface area (TPSA) is 135 Å². The van der Waals surface area contributed by atoms with Crippen molar-refractivity contribution in [2.24, 2.45) is 5.41 Å². The Morgan fingerprint density at radius 2 is 1.88 bits per heavy atom. The van der Waals surface area contributed by atoms with Crippen LogP contribution in [0.2, 0.25) is 0 Å². The number of aromatic nitrogens is 5. The zero-order valence-electron chi connectivity index (χ0n) is 28.5. The first kappa shape index (κ1) is 35.2. The molecule has 0 radical (unpaired) electrons. The number of aryl methyl sites for hydroxylation is 1. The van der Waals surface area contributed by atoms with Gasteiger partial charge in [0.25, 0.3) is 5.91 Å². The summed E-state index contributed by atoms with van der Waals surface area (Å²) >= 11 is 0. The van der Waals surface area contributed by atoms with Crippen LogP contribution < -0.4 is 10.2 Å². The molecule has 4 heterocycles. The Hall–Kier alpha value is -4.59. The SMILES string of the molecule is CCOC(=O)CCCc1ccc(C(=O)Nc2nc3nc(-c4cnc(C5CC5)c(C(F)(F)F)c4)cc(N(C)CC4(COC)CCCC4)c3[nH]2)nc1. The Morgan fingerprint density at radius 1 is 1.10 bits per heavy atom. The lowest BCUT2D eigenvalue weighted by Gasteiger charge is -2.34. The van der Waals surface area contributed by atoms with Crippen molar-refractivity contribution in [1.82, 2.24) is 24.9 Å². The van der Waals surface area contributed by atoms with Crippen molar-refractivity contribution >= 4 is 34.7 Å². The van der Waals surface area contributed by atoms with Gasteiger partial charge in [0.05, 0.1) is 35.9 Å². The van der Waals surface area contributed by atoms with E-state index < -0.39 is 17.6 Å². The number of fused-ring (bicyclic) bond motifs is 1. The second-order valence-corrected chi connectivity index (χ2v) is 13.4. The minimum Gasteiger partial charge on any atom is -0.466 e. The van der Waals surface area contributed by atoms with Crippen LogP contribution in [0.25, 0.3) is 22.4 Å². The highest BCUT2D eigenvalue weighted by molar-refractivity contribution is 6.03. The van der Waals surface area contributed by atoms with Crippen molar-refractivity contribution < 1.29 is 32.2 Å². The van der Waals surface area contributed by atoms with Crippen LogP contribution in [0.15, 0.2) is 36.7 Å². The molecule has 0 spiro atoms. The number of alkyl halides is 3. The molecule has 0 bridgehead atoms. The number of aromatic amines is 1. The predicted molar refractivity (Wildman–Crippen MR) is 182 cm³/mol. The number of methoxy groups -OCH3 is 1. The molecule has 4 aromatic heterocycles. The standard InChI is InChI=1S/C36H42F3N7O4/c1-4-50-29(47)9-7-8-22-10-13-26(40-18-22)33(48)45-34-43-31-28(46(2)20-35(21-49-3)14-5-6-15-35)17-27(42-32(31)44-34)24-16-25(36(37,38)39)30(41-19-24)23-11-12-23/h10,13,16-19,23H,4-9,11-12,14-15,20-21H2,1-3H3,(H2,42,43,44,45,48). The molecule has 0 saturated heterocycles. The number of amides is 1. The van der Waals surface area contributed by atoms with Gasteiger partial charge in [0.15, 0.2) is 5.65 Å². The van der Waals surface area contributed by atoms with Crippen molar-refractivity contribution in [2.75, 3.05) is 44.1 Å². The number of ether oxygens (including phenoxy) is 2. The Kier molecular flexibility index (Phi) is 10.4. The van der Waals surface area contributed by atoms with Crippen molar-refractivity contribution in [1.29, 1.82) is 0 Å². The second kappa shape index (κ2) is 14.7. The van der Waals surface area contributed by atoms with E-state index in [9.17, 15) is 22.8 Å². The number of anilines is 2. The monoisotopic (exact) mass is 693 g/mol. The van der Waals surface area contributed by atoms with Gasteiger partial charge < -0.3 is 19.4 Å². The summed E-state index contributed by atoms with van der Waals surface area (Å²) in [5.41, 5.74) is 2.24. The van der Waals surface area contributed by atoms with E-state index in [1.807, 2.05) is 7.05 Å². The minimum atomic E-state index is -4.56. The van der Waals surface area contributed by atoms with Crippen molar-refractivity contribution in [2.45, 2.75) is 76.8 Å². The highest BCUT2D eigenvalue weighted by Crippen LogP contribution is 2.46. The number of halogens is 3. The average molecular weight is 694 g/mol. The summed E-state index contributed by atoms with van der Waals surface area (Å²) in [7, 11) is 3.62. The fraction of sp³-hybridized carbons (Fsp3) is 0.500. The van der Waals surface area contributed by atoms with E-state index in [0.717, 1.165) is 37.3 Å². The maximum atomic E-state index is 14.2. The molecular weight excluding hydrogens is 651 g/mol. The largest absolute Gasteiger partial charge is 0.466 e. The van der Waals surface area contributed by atoms with E-state index >= 15 is 0 Å². The molecule has 2 aliphatic carbocycles. The molecule has 0 unspecified atom stereocenters. The first-order chi connectivity index (χ1) is 24.0. The quantitative estimate of drug-likeness (QED) is 0.133. The van der Waals surface area contributed by atoms with Gasteiger partial charge in [-0.15, -0.1) is 0 Å². The first-order valence-electron chi connectivity index (χ1n) is 17.1. The van der Waals surface area contributed by atoms with Gasteiger partial charge in [-0.1, -0.05) is 18.9 Å². The summed E-state index contributed by atoms with van der Waals surface area (Å²) in [4.78, 5) is 47.8. The zero-order valence-corrected chi connectivity index (χ0v) is 28.5. The van der Waals surface area contributed by atoms with Crippen molar-refractivity contribution in [3.05, 3.63) is 59.2 Å². The molecule has 2 N–H and O–H groups in total. The Bertz CT molecular complexity index is 1830. The van der Waals surface area contributed by atoms with Crippen LogP contribution >= 0.6 is 0 Å². The van der Waals surface area contributed by atoms with Crippen LogP contribution in [0.5, 0.6) is 0 Å². The highest BCUT2D eigenvalue weighted by atomic mass is 19.4. The lowest BCUT2D eigenvalue weighted by molar-refractivity contribution is -0.143. The molecule has 266 valence electrons.